The Hall–Kier alpha value is -1.47. The lowest BCUT2D eigenvalue weighted by molar-refractivity contribution is -0.161. The Bertz CT molecular complexity index is 792. The zero-order valence-corrected chi connectivity index (χ0v) is 29.7. The predicted octanol–water partition coefficient (Wildman–Crippen LogP) is 10.5. The number of carbonyl (C=O) groups excluding carboxylic acids is 2. The number of ether oxygens (including phenoxy) is 2. The maximum Gasteiger partial charge on any atom is 0.469 e. The van der Waals surface area contributed by atoms with E-state index in [1.165, 1.54) is 70.6 Å². The van der Waals surface area contributed by atoms with Crippen molar-refractivity contribution < 1.29 is 37.9 Å². The highest BCUT2D eigenvalue weighted by atomic mass is 31.2. The molecule has 0 spiro atoms. The number of phosphoric ester groups is 1. The van der Waals surface area contributed by atoms with Crippen molar-refractivity contribution in [3.8, 4) is 0 Å². The van der Waals surface area contributed by atoms with Crippen LogP contribution in [0.1, 0.15) is 174 Å². The summed E-state index contributed by atoms with van der Waals surface area (Å²) in [5.41, 5.74) is 0. The highest BCUT2D eigenvalue weighted by Gasteiger charge is 2.22. The second-order valence-electron chi connectivity index (χ2n) is 12.2. The minimum atomic E-state index is -4.75. The molecule has 0 bridgehead atoms. The van der Waals surface area contributed by atoms with E-state index in [2.05, 4.69) is 42.7 Å². The molecule has 8 nitrogen and oxygen atoms in total. The van der Waals surface area contributed by atoms with Crippen molar-refractivity contribution in [1.82, 2.24) is 0 Å². The molecule has 0 aliphatic heterocycles. The topological polar surface area (TPSA) is 119 Å². The van der Waals surface area contributed by atoms with Gasteiger partial charge in [0.15, 0.2) is 6.10 Å². The summed E-state index contributed by atoms with van der Waals surface area (Å²) in [5.74, 6) is -0.904. The molecule has 264 valence electrons. The van der Waals surface area contributed by atoms with Gasteiger partial charge in [-0.15, -0.1) is 0 Å². The van der Waals surface area contributed by atoms with Gasteiger partial charge in [-0.2, -0.15) is 0 Å². The summed E-state index contributed by atoms with van der Waals surface area (Å²) in [6.45, 7) is 3.63. The molecule has 0 unspecified atom stereocenters. The van der Waals surface area contributed by atoms with Crippen molar-refractivity contribution in [3.63, 3.8) is 0 Å². The Labute approximate surface area is 275 Å². The summed E-state index contributed by atoms with van der Waals surface area (Å²) in [6, 6.07) is 0. The molecule has 9 heteroatoms. The van der Waals surface area contributed by atoms with Gasteiger partial charge in [-0.3, -0.25) is 14.1 Å². The Kier molecular flexibility index (Phi) is 31.4. The third kappa shape index (κ3) is 35.2. The van der Waals surface area contributed by atoms with E-state index in [0.29, 0.717) is 12.8 Å². The predicted molar refractivity (Wildman–Crippen MR) is 184 cm³/mol. The smallest absolute Gasteiger partial charge is 0.462 e. The molecular weight excluding hydrogens is 591 g/mol. The molecule has 0 aliphatic carbocycles. The van der Waals surface area contributed by atoms with Crippen LogP contribution in [0.15, 0.2) is 24.3 Å². The minimum Gasteiger partial charge on any atom is -0.462 e. The van der Waals surface area contributed by atoms with Crippen LogP contribution in [-0.2, 0) is 28.2 Å². The third-order valence-electron chi connectivity index (χ3n) is 7.69. The van der Waals surface area contributed by atoms with Crippen LogP contribution in [0.5, 0.6) is 0 Å². The van der Waals surface area contributed by atoms with E-state index in [-0.39, 0.29) is 19.4 Å². The van der Waals surface area contributed by atoms with Crippen molar-refractivity contribution in [1.29, 1.82) is 0 Å². The van der Waals surface area contributed by atoms with Gasteiger partial charge in [0.2, 0.25) is 0 Å². The lowest BCUT2D eigenvalue weighted by Gasteiger charge is -2.18. The zero-order valence-electron chi connectivity index (χ0n) is 28.8. The van der Waals surface area contributed by atoms with E-state index in [1.54, 1.807) is 0 Å². The van der Waals surface area contributed by atoms with Crippen molar-refractivity contribution in [2.75, 3.05) is 13.2 Å². The first-order valence-corrected chi connectivity index (χ1v) is 19.7. The van der Waals surface area contributed by atoms with E-state index < -0.39 is 32.5 Å². The summed E-state index contributed by atoms with van der Waals surface area (Å²) in [4.78, 5) is 42.6. The van der Waals surface area contributed by atoms with E-state index in [0.717, 1.165) is 64.2 Å². The molecule has 2 N–H and O–H groups in total. The van der Waals surface area contributed by atoms with Crippen molar-refractivity contribution in [2.24, 2.45) is 0 Å². The molecule has 0 aromatic carbocycles. The maximum atomic E-state index is 12.3. The second-order valence-corrected chi connectivity index (χ2v) is 13.4. The summed E-state index contributed by atoms with van der Waals surface area (Å²) in [6.07, 6.45) is 34.7. The fourth-order valence-corrected chi connectivity index (χ4v) is 5.31. The minimum absolute atomic E-state index is 0.201. The molecule has 0 heterocycles. The van der Waals surface area contributed by atoms with Crippen molar-refractivity contribution >= 4 is 19.8 Å². The van der Waals surface area contributed by atoms with Gasteiger partial charge < -0.3 is 19.3 Å². The van der Waals surface area contributed by atoms with Crippen LogP contribution in [0.4, 0.5) is 0 Å². The average Bonchev–Trinajstić information content (AvgIpc) is 3.00. The Balaban J connectivity index is 4.01. The van der Waals surface area contributed by atoms with Gasteiger partial charge in [-0.05, 0) is 64.2 Å². The van der Waals surface area contributed by atoms with Crippen LogP contribution in [-0.4, -0.2) is 41.0 Å². The number of phosphoric acid groups is 1. The van der Waals surface area contributed by atoms with Crippen LogP contribution in [0.2, 0.25) is 0 Å². The third-order valence-corrected chi connectivity index (χ3v) is 8.18. The number of hydrogen-bond acceptors (Lipinski definition) is 6. The molecular formula is C36H67O8P. The normalized spacial score (nSPS) is 12.7. The number of hydrogen-bond donors (Lipinski definition) is 2. The van der Waals surface area contributed by atoms with Crippen molar-refractivity contribution in [2.45, 2.75) is 180 Å². The van der Waals surface area contributed by atoms with Crippen LogP contribution < -0.4 is 0 Å². The van der Waals surface area contributed by atoms with Gasteiger partial charge in [0.1, 0.15) is 6.61 Å². The van der Waals surface area contributed by atoms with Gasteiger partial charge in [-0.25, -0.2) is 4.57 Å². The van der Waals surface area contributed by atoms with Crippen LogP contribution in [0.3, 0.4) is 0 Å². The monoisotopic (exact) mass is 658 g/mol. The number of rotatable bonds is 33. The summed E-state index contributed by atoms with van der Waals surface area (Å²) in [5, 5.41) is 0. The molecule has 0 radical (unpaired) electrons. The summed E-state index contributed by atoms with van der Waals surface area (Å²) in [7, 11) is -4.75. The maximum absolute atomic E-state index is 12.3. The molecule has 0 rings (SSSR count). The fourth-order valence-electron chi connectivity index (χ4n) is 4.95. The zero-order chi connectivity index (χ0) is 33.3. The van der Waals surface area contributed by atoms with Gasteiger partial charge in [-0.1, -0.05) is 122 Å². The standard InChI is InChI=1S/C36H67O8P/c1-3-5-7-9-11-13-15-17-19-21-23-25-27-29-31-36(38)44-34(33-43-45(39,40)41)32-42-35(37)30-28-26-24-22-20-18-16-14-12-10-8-6-4-2/h14-17,34H,3-13,18-33H2,1-2H3,(H2,39,40,41)/b16-14+,17-15+/t34-/m1/s1. The summed E-state index contributed by atoms with van der Waals surface area (Å²) < 4.78 is 26.2. The van der Waals surface area contributed by atoms with Crippen LogP contribution in [0, 0.1) is 0 Å². The molecule has 0 amide bonds. The van der Waals surface area contributed by atoms with E-state index in [9.17, 15) is 14.2 Å². The van der Waals surface area contributed by atoms with Crippen molar-refractivity contribution in [3.05, 3.63) is 24.3 Å². The first-order valence-electron chi connectivity index (χ1n) is 18.1. The highest BCUT2D eigenvalue weighted by Crippen LogP contribution is 2.36. The summed E-state index contributed by atoms with van der Waals surface area (Å²) >= 11 is 0. The molecule has 0 saturated carbocycles. The Morgan fingerprint density at radius 1 is 0.556 bits per heavy atom. The Morgan fingerprint density at radius 2 is 0.933 bits per heavy atom. The molecule has 0 saturated heterocycles. The number of esters is 2. The molecule has 45 heavy (non-hydrogen) atoms. The molecule has 1 atom stereocenters. The van der Waals surface area contributed by atoms with E-state index in [4.69, 9.17) is 19.3 Å². The van der Waals surface area contributed by atoms with Gasteiger partial charge in [0, 0.05) is 12.8 Å². The number of carbonyl (C=O) groups is 2. The molecule has 0 aromatic rings. The van der Waals surface area contributed by atoms with E-state index in [1.807, 2.05) is 0 Å². The highest BCUT2D eigenvalue weighted by molar-refractivity contribution is 7.46. The first kappa shape index (κ1) is 43.5. The van der Waals surface area contributed by atoms with Crippen LogP contribution in [0.25, 0.3) is 0 Å². The lowest BCUT2D eigenvalue weighted by Crippen LogP contribution is -2.29. The largest absolute Gasteiger partial charge is 0.469 e. The molecule has 0 aliphatic rings. The number of allylic oxidation sites excluding steroid dienone is 4. The number of unbranched alkanes of at least 4 members (excludes halogenated alkanes) is 19. The van der Waals surface area contributed by atoms with Crippen LogP contribution >= 0.6 is 7.82 Å². The average molecular weight is 659 g/mol. The Morgan fingerprint density at radius 3 is 1.38 bits per heavy atom. The SMILES string of the molecule is CCCCCC/C=C/CCCCCCCC(=O)OC[C@H](COP(=O)(O)O)OC(=O)CCCCCCC/C=C/CCCCCCC. The van der Waals surface area contributed by atoms with E-state index >= 15 is 0 Å². The molecule has 0 aromatic heterocycles. The molecule has 0 fully saturated rings. The second kappa shape index (κ2) is 32.5. The van der Waals surface area contributed by atoms with Gasteiger partial charge in [0.25, 0.3) is 0 Å². The first-order chi connectivity index (χ1) is 21.8. The fraction of sp³-hybridized carbons (Fsp3) is 0.833. The lowest BCUT2D eigenvalue weighted by atomic mass is 10.1. The van der Waals surface area contributed by atoms with Gasteiger partial charge in [0.05, 0.1) is 6.61 Å². The van der Waals surface area contributed by atoms with Gasteiger partial charge >= 0.3 is 19.8 Å². The quantitative estimate of drug-likeness (QED) is 0.0309.